The summed E-state index contributed by atoms with van der Waals surface area (Å²) in [6, 6.07) is 8.32. The lowest BCUT2D eigenvalue weighted by molar-refractivity contribution is -0.0220. The Kier molecular flexibility index (Phi) is 5.08. The maximum absolute atomic E-state index is 10.8. The fraction of sp³-hybridized carbons (Fsp3) is 0.647. The molecule has 0 radical (unpaired) electrons. The summed E-state index contributed by atoms with van der Waals surface area (Å²) in [5.74, 6) is 1.35. The first-order valence-electron chi connectivity index (χ1n) is 7.48. The molecule has 0 heterocycles. The molecule has 0 aromatic heterocycles. The average Bonchev–Trinajstić information content (AvgIpc) is 2.41. The van der Waals surface area contributed by atoms with Gasteiger partial charge in [-0.3, -0.25) is 0 Å². The number of hydrogen-bond donors (Lipinski definition) is 1. The molecule has 19 heavy (non-hydrogen) atoms. The standard InChI is InChI=1S/C17H25BrO/c1-3-13-4-8-15(9-5-13)17(2,19)12-14-6-10-16(18)11-7-14/h6-7,10-11,13,15,19H,3-5,8-9,12H2,1-2H3. The molecule has 1 atom stereocenters. The lowest BCUT2D eigenvalue weighted by Gasteiger charge is -2.38. The first-order valence-corrected chi connectivity index (χ1v) is 8.27. The predicted molar refractivity (Wildman–Crippen MR) is 84.2 cm³/mol. The Morgan fingerprint density at radius 3 is 2.26 bits per heavy atom. The monoisotopic (exact) mass is 324 g/mol. The average molecular weight is 325 g/mol. The van der Waals surface area contributed by atoms with Gasteiger partial charge in [-0.15, -0.1) is 0 Å². The smallest absolute Gasteiger partial charge is 0.0687 e. The van der Waals surface area contributed by atoms with Gasteiger partial charge in [0, 0.05) is 10.9 Å². The van der Waals surface area contributed by atoms with Gasteiger partial charge in [0.1, 0.15) is 0 Å². The maximum atomic E-state index is 10.8. The molecule has 1 fully saturated rings. The van der Waals surface area contributed by atoms with E-state index in [-0.39, 0.29) is 0 Å². The fourth-order valence-corrected chi connectivity index (χ4v) is 3.62. The molecule has 0 saturated heterocycles. The van der Waals surface area contributed by atoms with Crippen molar-refractivity contribution in [2.75, 3.05) is 0 Å². The van der Waals surface area contributed by atoms with E-state index in [0.717, 1.165) is 16.8 Å². The van der Waals surface area contributed by atoms with Crippen molar-refractivity contribution in [1.29, 1.82) is 0 Å². The quantitative estimate of drug-likeness (QED) is 0.829. The largest absolute Gasteiger partial charge is 0.390 e. The predicted octanol–water partition coefficient (Wildman–Crippen LogP) is 4.96. The zero-order valence-corrected chi connectivity index (χ0v) is 13.6. The second kappa shape index (κ2) is 6.41. The highest BCUT2D eigenvalue weighted by molar-refractivity contribution is 9.10. The number of benzene rings is 1. The van der Waals surface area contributed by atoms with Crippen molar-refractivity contribution in [1.82, 2.24) is 0 Å². The molecule has 0 aliphatic heterocycles. The lowest BCUT2D eigenvalue weighted by atomic mass is 9.71. The van der Waals surface area contributed by atoms with Crippen LogP contribution < -0.4 is 0 Å². The molecule has 0 bridgehead atoms. The van der Waals surface area contributed by atoms with Crippen LogP contribution in [0.4, 0.5) is 0 Å². The molecule has 1 aliphatic rings. The van der Waals surface area contributed by atoms with Crippen molar-refractivity contribution >= 4 is 15.9 Å². The molecule has 1 saturated carbocycles. The van der Waals surface area contributed by atoms with Crippen LogP contribution in [-0.4, -0.2) is 10.7 Å². The van der Waals surface area contributed by atoms with Gasteiger partial charge in [-0.05, 0) is 49.3 Å². The summed E-state index contributed by atoms with van der Waals surface area (Å²) in [6.45, 7) is 4.30. The summed E-state index contributed by atoms with van der Waals surface area (Å²) < 4.78 is 1.10. The molecule has 1 aromatic carbocycles. The molecule has 2 heteroatoms. The highest BCUT2D eigenvalue weighted by atomic mass is 79.9. The van der Waals surface area contributed by atoms with Gasteiger partial charge in [0.05, 0.1) is 5.60 Å². The second-order valence-corrected chi connectivity index (χ2v) is 7.20. The number of halogens is 1. The molecule has 0 amide bonds. The number of rotatable bonds is 4. The SMILES string of the molecule is CCC1CCC(C(C)(O)Cc2ccc(Br)cc2)CC1. The minimum atomic E-state index is -0.563. The molecule has 1 unspecified atom stereocenters. The van der Waals surface area contributed by atoms with E-state index in [0.29, 0.717) is 5.92 Å². The number of aliphatic hydroxyl groups is 1. The van der Waals surface area contributed by atoms with E-state index in [1.807, 2.05) is 6.92 Å². The van der Waals surface area contributed by atoms with Crippen LogP contribution >= 0.6 is 15.9 Å². The Morgan fingerprint density at radius 2 is 1.74 bits per heavy atom. The summed E-state index contributed by atoms with van der Waals surface area (Å²) in [5.41, 5.74) is 0.665. The summed E-state index contributed by atoms with van der Waals surface area (Å²) in [5, 5.41) is 10.8. The van der Waals surface area contributed by atoms with E-state index >= 15 is 0 Å². The van der Waals surface area contributed by atoms with Crippen molar-refractivity contribution in [2.45, 2.75) is 58.0 Å². The van der Waals surface area contributed by atoms with E-state index in [2.05, 4.69) is 47.1 Å². The van der Waals surface area contributed by atoms with Crippen LogP contribution in [0.3, 0.4) is 0 Å². The van der Waals surface area contributed by atoms with Crippen LogP contribution in [0.2, 0.25) is 0 Å². The van der Waals surface area contributed by atoms with Gasteiger partial charge in [-0.1, -0.05) is 54.2 Å². The Labute approximate surface area is 125 Å². The van der Waals surface area contributed by atoms with Crippen molar-refractivity contribution < 1.29 is 5.11 Å². The van der Waals surface area contributed by atoms with Crippen LogP contribution in [0, 0.1) is 11.8 Å². The second-order valence-electron chi connectivity index (χ2n) is 6.29. The molecule has 2 rings (SSSR count). The topological polar surface area (TPSA) is 20.2 Å². The molecule has 1 aliphatic carbocycles. The van der Waals surface area contributed by atoms with E-state index in [1.165, 1.54) is 37.7 Å². The Morgan fingerprint density at radius 1 is 1.16 bits per heavy atom. The van der Waals surface area contributed by atoms with Gasteiger partial charge in [0.25, 0.3) is 0 Å². The third-order valence-electron chi connectivity index (χ3n) is 4.78. The highest BCUT2D eigenvalue weighted by Gasteiger charge is 2.34. The summed E-state index contributed by atoms with van der Waals surface area (Å²) in [7, 11) is 0. The fourth-order valence-electron chi connectivity index (χ4n) is 3.35. The first kappa shape index (κ1) is 15.1. The van der Waals surface area contributed by atoms with E-state index < -0.39 is 5.60 Å². The Hall–Kier alpha value is -0.340. The minimum absolute atomic E-state index is 0.457. The van der Waals surface area contributed by atoms with Crippen LogP contribution in [0.15, 0.2) is 28.7 Å². The maximum Gasteiger partial charge on any atom is 0.0687 e. The Bertz CT molecular complexity index is 388. The van der Waals surface area contributed by atoms with Crippen molar-refractivity contribution in [3.63, 3.8) is 0 Å². The van der Waals surface area contributed by atoms with E-state index in [1.54, 1.807) is 0 Å². The summed E-state index contributed by atoms with van der Waals surface area (Å²) in [4.78, 5) is 0. The van der Waals surface area contributed by atoms with E-state index in [9.17, 15) is 5.11 Å². The molecule has 1 nitrogen and oxygen atoms in total. The molecule has 1 N–H and O–H groups in total. The van der Waals surface area contributed by atoms with Crippen molar-refractivity contribution in [3.05, 3.63) is 34.3 Å². The van der Waals surface area contributed by atoms with Gasteiger partial charge < -0.3 is 5.11 Å². The van der Waals surface area contributed by atoms with E-state index in [4.69, 9.17) is 0 Å². The molecule has 0 spiro atoms. The zero-order valence-electron chi connectivity index (χ0n) is 12.0. The first-order chi connectivity index (χ1) is 9.01. The molecule has 1 aromatic rings. The third kappa shape index (κ3) is 4.06. The molecular weight excluding hydrogens is 300 g/mol. The third-order valence-corrected chi connectivity index (χ3v) is 5.31. The van der Waals surface area contributed by atoms with Crippen molar-refractivity contribution in [2.24, 2.45) is 11.8 Å². The van der Waals surface area contributed by atoms with Gasteiger partial charge in [0.2, 0.25) is 0 Å². The summed E-state index contributed by atoms with van der Waals surface area (Å²) >= 11 is 3.45. The lowest BCUT2D eigenvalue weighted by Crippen LogP contribution is -2.39. The van der Waals surface area contributed by atoms with Crippen LogP contribution in [-0.2, 0) is 6.42 Å². The Balaban J connectivity index is 1.96. The van der Waals surface area contributed by atoms with Gasteiger partial charge >= 0.3 is 0 Å². The van der Waals surface area contributed by atoms with Crippen LogP contribution in [0.25, 0.3) is 0 Å². The van der Waals surface area contributed by atoms with Gasteiger partial charge in [-0.25, -0.2) is 0 Å². The minimum Gasteiger partial charge on any atom is -0.390 e. The zero-order chi connectivity index (χ0) is 13.9. The van der Waals surface area contributed by atoms with Crippen molar-refractivity contribution in [3.8, 4) is 0 Å². The highest BCUT2D eigenvalue weighted by Crippen LogP contribution is 2.38. The number of hydrogen-bond acceptors (Lipinski definition) is 1. The van der Waals surface area contributed by atoms with Crippen LogP contribution in [0.1, 0.15) is 51.5 Å². The van der Waals surface area contributed by atoms with Crippen LogP contribution in [0.5, 0.6) is 0 Å². The molecule has 106 valence electrons. The normalized spacial score (nSPS) is 26.9. The van der Waals surface area contributed by atoms with Gasteiger partial charge in [0.15, 0.2) is 0 Å². The van der Waals surface area contributed by atoms with Gasteiger partial charge in [-0.2, -0.15) is 0 Å². The summed E-state index contributed by atoms with van der Waals surface area (Å²) in [6.07, 6.45) is 7.00. The molecular formula is C17H25BrO.